The number of nitro benzene ring substituents is 1. The van der Waals surface area contributed by atoms with E-state index in [2.05, 4.69) is 0 Å². The summed E-state index contributed by atoms with van der Waals surface area (Å²) in [7, 11) is 1.45. The summed E-state index contributed by atoms with van der Waals surface area (Å²) in [6.07, 6.45) is 1.04. The number of rotatable bonds is 6. The van der Waals surface area contributed by atoms with Crippen LogP contribution >= 0.6 is 23.2 Å². The van der Waals surface area contributed by atoms with E-state index in [4.69, 9.17) is 28.3 Å². The van der Waals surface area contributed by atoms with Gasteiger partial charge in [0.1, 0.15) is 10.8 Å². The highest BCUT2D eigenvalue weighted by molar-refractivity contribution is 6.40. The summed E-state index contributed by atoms with van der Waals surface area (Å²) in [6.45, 7) is 0.289. The van der Waals surface area contributed by atoms with E-state index in [9.17, 15) is 19.3 Å². The summed E-state index contributed by atoms with van der Waals surface area (Å²) in [5.41, 5.74) is -1.15. The Labute approximate surface area is 130 Å². The fourth-order valence-corrected chi connectivity index (χ4v) is 2.24. The fourth-order valence-electron chi connectivity index (χ4n) is 1.67. The molecule has 1 aromatic rings. The molecule has 1 aromatic carbocycles. The molecule has 21 heavy (non-hydrogen) atoms. The van der Waals surface area contributed by atoms with Gasteiger partial charge in [0.25, 0.3) is 5.91 Å². The normalized spacial score (nSPS) is 10.5. The largest absolute Gasteiger partial charge is 0.396 e. The van der Waals surface area contributed by atoms with E-state index < -0.39 is 32.4 Å². The Bertz CT molecular complexity index is 569. The maximum atomic E-state index is 13.6. The van der Waals surface area contributed by atoms with Crippen molar-refractivity contribution in [1.29, 1.82) is 0 Å². The third-order valence-electron chi connectivity index (χ3n) is 2.79. The SMILES string of the molecule is CN(CCCCO)C(=O)c1cc(F)c(Cl)c([N+](=O)[O-])c1Cl. The van der Waals surface area contributed by atoms with Gasteiger partial charge in [-0.3, -0.25) is 14.9 Å². The van der Waals surface area contributed by atoms with Crippen LogP contribution in [-0.4, -0.2) is 41.0 Å². The zero-order valence-electron chi connectivity index (χ0n) is 11.1. The van der Waals surface area contributed by atoms with E-state index in [0.29, 0.717) is 19.4 Å². The Kier molecular flexibility index (Phi) is 6.32. The highest BCUT2D eigenvalue weighted by atomic mass is 35.5. The molecule has 6 nitrogen and oxygen atoms in total. The molecule has 0 radical (unpaired) electrons. The van der Waals surface area contributed by atoms with Crippen molar-refractivity contribution in [3.8, 4) is 0 Å². The van der Waals surface area contributed by atoms with Crippen LogP contribution in [0.25, 0.3) is 0 Å². The van der Waals surface area contributed by atoms with Crippen molar-refractivity contribution >= 4 is 34.8 Å². The van der Waals surface area contributed by atoms with E-state index >= 15 is 0 Å². The van der Waals surface area contributed by atoms with Crippen LogP contribution < -0.4 is 0 Å². The molecule has 116 valence electrons. The van der Waals surface area contributed by atoms with Crippen molar-refractivity contribution < 1.29 is 19.2 Å². The van der Waals surface area contributed by atoms with Crippen LogP contribution in [0.15, 0.2) is 6.07 Å². The number of nitrogens with zero attached hydrogens (tertiary/aromatic N) is 2. The fraction of sp³-hybridized carbons (Fsp3) is 0.417. The van der Waals surface area contributed by atoms with Crippen molar-refractivity contribution in [2.75, 3.05) is 20.2 Å². The number of amides is 1. The zero-order chi connectivity index (χ0) is 16.2. The van der Waals surface area contributed by atoms with Crippen LogP contribution in [0.4, 0.5) is 10.1 Å². The Morgan fingerprint density at radius 3 is 2.57 bits per heavy atom. The summed E-state index contributed by atoms with van der Waals surface area (Å²) in [5, 5.41) is 18.3. The third kappa shape index (κ3) is 4.03. The molecule has 1 N–H and O–H groups in total. The quantitative estimate of drug-likeness (QED) is 0.374. The lowest BCUT2D eigenvalue weighted by atomic mass is 10.1. The Hall–Kier alpha value is -1.44. The number of benzene rings is 1. The zero-order valence-corrected chi connectivity index (χ0v) is 12.6. The van der Waals surface area contributed by atoms with Crippen molar-refractivity contribution in [2.24, 2.45) is 0 Å². The van der Waals surface area contributed by atoms with Gasteiger partial charge in [0.15, 0.2) is 5.02 Å². The van der Waals surface area contributed by atoms with Gasteiger partial charge in [-0.15, -0.1) is 0 Å². The molecule has 0 bridgehead atoms. The molecule has 0 atom stereocenters. The summed E-state index contributed by atoms with van der Waals surface area (Å²) >= 11 is 11.3. The van der Waals surface area contributed by atoms with Crippen LogP contribution in [0.3, 0.4) is 0 Å². The number of hydrogen-bond donors (Lipinski definition) is 1. The number of carbonyl (C=O) groups excluding carboxylic acids is 1. The highest BCUT2D eigenvalue weighted by Crippen LogP contribution is 2.37. The molecule has 0 heterocycles. The topological polar surface area (TPSA) is 83.7 Å². The Morgan fingerprint density at radius 1 is 1.43 bits per heavy atom. The third-order valence-corrected chi connectivity index (χ3v) is 3.54. The summed E-state index contributed by atoms with van der Waals surface area (Å²) in [5.74, 6) is -1.74. The van der Waals surface area contributed by atoms with Crippen LogP contribution in [0, 0.1) is 15.9 Å². The van der Waals surface area contributed by atoms with Crippen LogP contribution in [-0.2, 0) is 0 Å². The van der Waals surface area contributed by atoms with Crippen molar-refractivity contribution in [1.82, 2.24) is 4.90 Å². The van der Waals surface area contributed by atoms with Gasteiger partial charge in [0.05, 0.1) is 10.5 Å². The first kappa shape index (κ1) is 17.6. The van der Waals surface area contributed by atoms with Crippen molar-refractivity contribution in [2.45, 2.75) is 12.8 Å². The van der Waals surface area contributed by atoms with E-state index in [-0.39, 0.29) is 12.2 Å². The monoisotopic (exact) mass is 338 g/mol. The molecule has 0 aromatic heterocycles. The predicted octanol–water partition coefficient (Wildman–Crippen LogP) is 2.89. The molecular weight excluding hydrogens is 326 g/mol. The van der Waals surface area contributed by atoms with Crippen LogP contribution in [0.5, 0.6) is 0 Å². The molecule has 9 heteroatoms. The highest BCUT2D eigenvalue weighted by Gasteiger charge is 2.29. The second-order valence-corrected chi connectivity index (χ2v) is 5.05. The standard InChI is InChI=1S/C12H13Cl2FN2O4/c1-16(4-2-3-5-18)12(19)7-6-8(15)10(14)11(9(7)13)17(20)21/h6,18H,2-5H2,1H3. The van der Waals surface area contributed by atoms with E-state index in [0.717, 1.165) is 6.07 Å². The minimum atomic E-state index is -1.08. The first-order valence-corrected chi connectivity index (χ1v) is 6.75. The van der Waals surface area contributed by atoms with Gasteiger partial charge in [-0.05, 0) is 18.9 Å². The minimum absolute atomic E-state index is 0.0101. The number of nitro groups is 1. The Balaban J connectivity index is 3.13. The molecule has 0 unspecified atom stereocenters. The molecule has 0 aliphatic carbocycles. The van der Waals surface area contributed by atoms with Crippen molar-refractivity contribution in [3.05, 3.63) is 37.6 Å². The van der Waals surface area contributed by atoms with Gasteiger partial charge in [-0.2, -0.15) is 0 Å². The second-order valence-electron chi connectivity index (χ2n) is 4.30. The molecule has 0 aliphatic rings. The lowest BCUT2D eigenvalue weighted by Crippen LogP contribution is -2.28. The molecule has 0 spiro atoms. The lowest BCUT2D eigenvalue weighted by molar-refractivity contribution is -0.384. The van der Waals surface area contributed by atoms with Gasteiger partial charge in [0.2, 0.25) is 0 Å². The predicted molar refractivity (Wildman–Crippen MR) is 76.4 cm³/mol. The lowest BCUT2D eigenvalue weighted by Gasteiger charge is -2.18. The number of aliphatic hydroxyl groups excluding tert-OH is 1. The van der Waals surface area contributed by atoms with Gasteiger partial charge in [-0.25, -0.2) is 4.39 Å². The summed E-state index contributed by atoms with van der Waals surface area (Å²) in [4.78, 5) is 23.3. The molecule has 0 fully saturated rings. The molecule has 1 rings (SSSR count). The average molecular weight is 339 g/mol. The van der Waals surface area contributed by atoms with Gasteiger partial charge in [-0.1, -0.05) is 23.2 Å². The van der Waals surface area contributed by atoms with E-state index in [1.165, 1.54) is 11.9 Å². The first-order valence-electron chi connectivity index (χ1n) is 5.99. The molecule has 0 aliphatic heterocycles. The number of halogens is 3. The van der Waals surface area contributed by atoms with Gasteiger partial charge >= 0.3 is 5.69 Å². The summed E-state index contributed by atoms with van der Waals surface area (Å²) < 4.78 is 13.6. The molecule has 1 amide bonds. The minimum Gasteiger partial charge on any atom is -0.396 e. The maximum Gasteiger partial charge on any atom is 0.310 e. The average Bonchev–Trinajstić information content (AvgIpc) is 2.42. The summed E-state index contributed by atoms with van der Waals surface area (Å²) in [6, 6.07) is 0.780. The van der Waals surface area contributed by atoms with E-state index in [1.54, 1.807) is 0 Å². The second kappa shape index (κ2) is 7.53. The number of aliphatic hydroxyl groups is 1. The smallest absolute Gasteiger partial charge is 0.310 e. The Morgan fingerprint density at radius 2 is 2.05 bits per heavy atom. The molecule has 0 saturated carbocycles. The van der Waals surface area contributed by atoms with Crippen LogP contribution in [0.1, 0.15) is 23.2 Å². The molecular formula is C12H13Cl2FN2O4. The number of carbonyl (C=O) groups is 1. The number of unbranched alkanes of at least 4 members (excludes halogenated alkanes) is 1. The maximum absolute atomic E-state index is 13.6. The first-order chi connectivity index (χ1) is 9.81. The number of hydrogen-bond acceptors (Lipinski definition) is 4. The molecule has 0 saturated heterocycles. The van der Waals surface area contributed by atoms with Gasteiger partial charge < -0.3 is 10.0 Å². The van der Waals surface area contributed by atoms with Crippen molar-refractivity contribution in [3.63, 3.8) is 0 Å². The van der Waals surface area contributed by atoms with Crippen LogP contribution in [0.2, 0.25) is 10.0 Å². The van der Waals surface area contributed by atoms with Gasteiger partial charge in [0, 0.05) is 20.2 Å². The van der Waals surface area contributed by atoms with E-state index in [1.807, 2.05) is 0 Å².